The summed E-state index contributed by atoms with van der Waals surface area (Å²) in [6.07, 6.45) is -0.879. The van der Waals surface area contributed by atoms with Gasteiger partial charge in [-0.05, 0) is 60.7 Å². The summed E-state index contributed by atoms with van der Waals surface area (Å²) in [5, 5.41) is 0.961. The molecule has 0 N–H and O–H groups in total. The average Bonchev–Trinajstić information content (AvgIpc) is 2.99. The van der Waals surface area contributed by atoms with Gasteiger partial charge in [0, 0.05) is 16.0 Å². The molecule has 0 unspecified atom stereocenters. The Balaban J connectivity index is 1.59. The van der Waals surface area contributed by atoms with Crippen LogP contribution >= 0.6 is 11.3 Å². The van der Waals surface area contributed by atoms with E-state index in [9.17, 15) is 9.18 Å². The van der Waals surface area contributed by atoms with E-state index in [4.69, 9.17) is 4.74 Å². The lowest BCUT2D eigenvalue weighted by atomic mass is 9.96. The SMILES string of the molecule is COc1sc(-c2ccc(-c3ccc(C(=O)N4CC(F)C4)cc3)cc2C)c(C)c1C. The van der Waals surface area contributed by atoms with E-state index in [1.807, 2.05) is 24.3 Å². The number of carbonyl (C=O) groups is 1. The first-order chi connectivity index (χ1) is 13.9. The van der Waals surface area contributed by atoms with E-state index < -0.39 is 6.17 Å². The second-order valence-corrected chi connectivity index (χ2v) is 8.57. The fraction of sp³-hybridized carbons (Fsp3) is 0.292. The Morgan fingerprint density at radius 3 is 2.24 bits per heavy atom. The first-order valence-electron chi connectivity index (χ1n) is 9.67. The lowest BCUT2D eigenvalue weighted by Crippen LogP contribution is -2.51. The Morgan fingerprint density at radius 1 is 1.03 bits per heavy atom. The summed E-state index contributed by atoms with van der Waals surface area (Å²) >= 11 is 1.68. The number of likely N-dealkylation sites (tertiary alicyclic amines) is 1. The number of carbonyl (C=O) groups excluding carboxylic acids is 1. The molecule has 1 aliphatic heterocycles. The van der Waals surface area contributed by atoms with Gasteiger partial charge in [0.05, 0.1) is 20.2 Å². The topological polar surface area (TPSA) is 29.5 Å². The highest BCUT2D eigenvalue weighted by molar-refractivity contribution is 7.17. The molecule has 0 saturated carbocycles. The highest BCUT2D eigenvalue weighted by Crippen LogP contribution is 2.42. The molecule has 2 heterocycles. The van der Waals surface area contributed by atoms with Crippen LogP contribution in [0.5, 0.6) is 5.06 Å². The Kier molecular flexibility index (Phi) is 5.17. The second-order valence-electron chi connectivity index (χ2n) is 7.59. The fourth-order valence-corrected chi connectivity index (χ4v) is 4.92. The van der Waals surface area contributed by atoms with Gasteiger partial charge in [-0.1, -0.05) is 41.7 Å². The molecule has 0 bridgehead atoms. The standard InChI is InChI=1S/C24H24FNO2S/c1-14-11-19(9-10-21(14)22-15(2)16(3)24(28-4)29-22)17-5-7-18(8-6-17)23(27)26-12-20(25)13-26/h5-11,20H,12-13H2,1-4H3. The summed E-state index contributed by atoms with van der Waals surface area (Å²) in [4.78, 5) is 15.1. The van der Waals surface area contributed by atoms with Crippen LogP contribution in [0.2, 0.25) is 0 Å². The van der Waals surface area contributed by atoms with Crippen molar-refractivity contribution < 1.29 is 13.9 Å². The number of hydrogen-bond donors (Lipinski definition) is 0. The second kappa shape index (κ2) is 7.64. The van der Waals surface area contributed by atoms with Gasteiger partial charge in [0.2, 0.25) is 0 Å². The summed E-state index contributed by atoms with van der Waals surface area (Å²) in [6, 6.07) is 14.0. The van der Waals surface area contributed by atoms with Crippen LogP contribution in [0.15, 0.2) is 42.5 Å². The van der Waals surface area contributed by atoms with E-state index in [1.165, 1.54) is 32.0 Å². The van der Waals surface area contributed by atoms with Gasteiger partial charge < -0.3 is 9.64 Å². The van der Waals surface area contributed by atoms with Crippen LogP contribution in [0.3, 0.4) is 0 Å². The minimum atomic E-state index is -0.879. The molecule has 1 amide bonds. The maximum atomic E-state index is 13.0. The largest absolute Gasteiger partial charge is 0.487 e. The van der Waals surface area contributed by atoms with Crippen molar-refractivity contribution in [2.45, 2.75) is 26.9 Å². The monoisotopic (exact) mass is 409 g/mol. The van der Waals surface area contributed by atoms with Crippen molar-refractivity contribution in [2.75, 3.05) is 20.2 Å². The summed E-state index contributed by atoms with van der Waals surface area (Å²) in [6.45, 7) is 6.75. The molecule has 2 aromatic carbocycles. The number of methoxy groups -OCH3 is 1. The van der Waals surface area contributed by atoms with E-state index in [-0.39, 0.29) is 19.0 Å². The zero-order valence-electron chi connectivity index (χ0n) is 17.1. The van der Waals surface area contributed by atoms with Gasteiger partial charge in [0.15, 0.2) is 5.06 Å². The van der Waals surface area contributed by atoms with E-state index in [0.717, 1.165) is 16.2 Å². The van der Waals surface area contributed by atoms with Crippen LogP contribution in [-0.2, 0) is 0 Å². The molecule has 1 fully saturated rings. The number of halogens is 1. The maximum Gasteiger partial charge on any atom is 0.254 e. The van der Waals surface area contributed by atoms with E-state index in [0.29, 0.717) is 5.56 Å². The molecule has 1 aliphatic rings. The van der Waals surface area contributed by atoms with Gasteiger partial charge in [-0.2, -0.15) is 0 Å². The molecule has 0 spiro atoms. The maximum absolute atomic E-state index is 13.0. The van der Waals surface area contributed by atoms with Gasteiger partial charge in [-0.25, -0.2) is 4.39 Å². The Bertz CT molecular complexity index is 1070. The molecular weight excluding hydrogens is 385 g/mol. The molecule has 150 valence electrons. The van der Waals surface area contributed by atoms with E-state index in [2.05, 4.69) is 39.0 Å². The Hall–Kier alpha value is -2.66. The number of benzene rings is 2. The molecule has 29 heavy (non-hydrogen) atoms. The van der Waals surface area contributed by atoms with Crippen LogP contribution in [0, 0.1) is 20.8 Å². The third kappa shape index (κ3) is 3.55. The molecule has 5 heteroatoms. The zero-order valence-corrected chi connectivity index (χ0v) is 17.9. The molecule has 0 aliphatic carbocycles. The van der Waals surface area contributed by atoms with E-state index in [1.54, 1.807) is 18.4 Å². The molecular formula is C24H24FNO2S. The van der Waals surface area contributed by atoms with Crippen LogP contribution in [0.25, 0.3) is 21.6 Å². The van der Waals surface area contributed by atoms with Gasteiger partial charge in [-0.3, -0.25) is 4.79 Å². The number of thiophene rings is 1. The number of nitrogens with zero attached hydrogens (tertiary/aromatic N) is 1. The summed E-state index contributed by atoms with van der Waals surface area (Å²) in [7, 11) is 1.71. The number of ether oxygens (including phenoxy) is 1. The summed E-state index contributed by atoms with van der Waals surface area (Å²) in [5.74, 6) is -0.102. The quantitative estimate of drug-likeness (QED) is 0.544. The van der Waals surface area contributed by atoms with Crippen LogP contribution in [0.4, 0.5) is 4.39 Å². The van der Waals surface area contributed by atoms with Crippen molar-refractivity contribution >= 4 is 17.2 Å². The van der Waals surface area contributed by atoms with Crippen LogP contribution in [0.1, 0.15) is 27.0 Å². The molecule has 0 radical (unpaired) electrons. The normalized spacial score (nSPS) is 14.0. The zero-order chi connectivity index (χ0) is 20.7. The van der Waals surface area contributed by atoms with Crippen molar-refractivity contribution in [1.82, 2.24) is 4.90 Å². The molecule has 3 aromatic rings. The lowest BCUT2D eigenvalue weighted by Gasteiger charge is -2.34. The number of amides is 1. The summed E-state index contributed by atoms with van der Waals surface area (Å²) < 4.78 is 18.5. The minimum Gasteiger partial charge on any atom is -0.487 e. The molecule has 3 nitrogen and oxygen atoms in total. The van der Waals surface area contributed by atoms with Crippen LogP contribution in [-0.4, -0.2) is 37.2 Å². The lowest BCUT2D eigenvalue weighted by molar-refractivity contribution is 0.0400. The number of aryl methyl sites for hydroxylation is 1. The van der Waals surface area contributed by atoms with Crippen LogP contribution < -0.4 is 4.74 Å². The third-order valence-corrected chi connectivity index (χ3v) is 7.04. The fourth-order valence-electron chi connectivity index (χ4n) is 3.70. The van der Waals surface area contributed by atoms with Gasteiger partial charge in [-0.15, -0.1) is 0 Å². The number of rotatable bonds is 4. The predicted octanol–water partition coefficient (Wildman–Crippen LogP) is 5.81. The van der Waals surface area contributed by atoms with Crippen molar-refractivity contribution in [3.05, 3.63) is 64.7 Å². The van der Waals surface area contributed by atoms with Crippen molar-refractivity contribution in [3.63, 3.8) is 0 Å². The first kappa shape index (κ1) is 19.6. The molecule has 4 rings (SSSR count). The highest BCUT2D eigenvalue weighted by atomic mass is 32.1. The van der Waals surface area contributed by atoms with E-state index >= 15 is 0 Å². The number of hydrogen-bond acceptors (Lipinski definition) is 3. The Labute approximate surface area is 174 Å². The van der Waals surface area contributed by atoms with Crippen molar-refractivity contribution in [1.29, 1.82) is 0 Å². The minimum absolute atomic E-state index is 0.102. The van der Waals surface area contributed by atoms with Gasteiger partial charge in [0.25, 0.3) is 5.91 Å². The third-order valence-electron chi connectivity index (χ3n) is 5.65. The molecule has 1 saturated heterocycles. The highest BCUT2D eigenvalue weighted by Gasteiger charge is 2.30. The first-order valence-corrected chi connectivity index (χ1v) is 10.5. The van der Waals surface area contributed by atoms with Gasteiger partial charge in [0.1, 0.15) is 6.17 Å². The average molecular weight is 410 g/mol. The Morgan fingerprint density at radius 2 is 1.69 bits per heavy atom. The predicted molar refractivity (Wildman–Crippen MR) is 117 cm³/mol. The number of alkyl halides is 1. The molecule has 0 atom stereocenters. The molecule has 1 aromatic heterocycles. The smallest absolute Gasteiger partial charge is 0.254 e. The van der Waals surface area contributed by atoms with Crippen molar-refractivity contribution in [3.8, 4) is 26.6 Å². The summed E-state index contributed by atoms with van der Waals surface area (Å²) in [5.41, 5.74) is 7.63. The van der Waals surface area contributed by atoms with Crippen molar-refractivity contribution in [2.24, 2.45) is 0 Å². The van der Waals surface area contributed by atoms with Gasteiger partial charge >= 0.3 is 0 Å².